The number of benzene rings is 4. The molecule has 10 N–H and O–H groups in total. The Hall–Kier alpha value is -9.52. The van der Waals surface area contributed by atoms with Crippen LogP contribution in [0.1, 0.15) is 173 Å². The van der Waals surface area contributed by atoms with Crippen LogP contribution in [0.4, 0.5) is 0 Å². The van der Waals surface area contributed by atoms with Crippen molar-refractivity contribution in [3.05, 3.63) is 172 Å². The van der Waals surface area contributed by atoms with Gasteiger partial charge in [-0.05, 0) is 117 Å². The largest absolute Gasteiger partial charge is 0.507 e. The zero-order valence-electron chi connectivity index (χ0n) is 44.5. The van der Waals surface area contributed by atoms with Gasteiger partial charge in [-0.15, -0.1) is 0 Å². The molecule has 0 amide bonds. The monoisotopic (exact) mass is 1090 g/mol. The van der Waals surface area contributed by atoms with Crippen molar-refractivity contribution < 1.29 is 89.4 Å². The van der Waals surface area contributed by atoms with E-state index in [1.807, 2.05) is 0 Å². The number of Topliss-reactive ketones (excluding diaryl/α,β-unsaturated/α-hetero) is 6. The first-order chi connectivity index (χ1) is 37.5. The molecule has 0 heterocycles. The van der Waals surface area contributed by atoms with E-state index in [1.165, 1.54) is 12.2 Å². The summed E-state index contributed by atoms with van der Waals surface area (Å²) in [6, 6.07) is 3.19. The second kappa shape index (κ2) is 21.0. The van der Waals surface area contributed by atoms with Gasteiger partial charge in [-0.1, -0.05) is 46.6 Å². The number of aliphatic hydroxyl groups excluding tert-OH is 2. The van der Waals surface area contributed by atoms with E-state index in [0.717, 1.165) is 36.4 Å². The van der Waals surface area contributed by atoms with Gasteiger partial charge in [0.2, 0.25) is 0 Å². The highest BCUT2D eigenvalue weighted by molar-refractivity contribution is 6.51. The van der Waals surface area contributed by atoms with E-state index in [9.17, 15) is 70.2 Å². The van der Waals surface area contributed by atoms with Crippen molar-refractivity contribution in [3.8, 4) is 46.0 Å². The third kappa shape index (κ3) is 9.16. The predicted molar refractivity (Wildman–Crippen MR) is 290 cm³/mol. The van der Waals surface area contributed by atoms with Crippen LogP contribution in [0.25, 0.3) is 11.1 Å². The van der Waals surface area contributed by atoms with E-state index in [2.05, 4.69) is 0 Å². The van der Waals surface area contributed by atoms with Gasteiger partial charge in [0.25, 0.3) is 0 Å². The lowest BCUT2D eigenvalue weighted by Crippen LogP contribution is -2.31. The molecular formula is C62H54O18. The quantitative estimate of drug-likeness (QED) is 0.0441. The van der Waals surface area contributed by atoms with Gasteiger partial charge in [-0.3, -0.25) is 38.4 Å². The summed E-state index contributed by atoms with van der Waals surface area (Å²) in [6.07, 6.45) is 2.46. The summed E-state index contributed by atoms with van der Waals surface area (Å²) < 4.78 is 0. The van der Waals surface area contributed by atoms with Crippen molar-refractivity contribution in [1.29, 1.82) is 0 Å². The Bertz CT molecular complexity index is 3630. The van der Waals surface area contributed by atoms with Crippen LogP contribution in [0.15, 0.2) is 105 Å². The summed E-state index contributed by atoms with van der Waals surface area (Å²) in [5.74, 6) is -19.9. The highest BCUT2D eigenvalue weighted by Crippen LogP contribution is 2.55. The van der Waals surface area contributed by atoms with E-state index in [4.69, 9.17) is 0 Å². The molecule has 0 aromatic heterocycles. The normalized spacial score (nSPS) is 15.6. The average molecular weight is 1090 g/mol. The van der Waals surface area contributed by atoms with Gasteiger partial charge in [-0.2, -0.15) is 0 Å². The van der Waals surface area contributed by atoms with Crippen LogP contribution in [0.3, 0.4) is 0 Å². The standard InChI is InChI=1S/C62H54O18/c1-23(2)9-13-27-39(57(75)51-45(53(27)71)37(69)21-29(55(51)73)31(63)15-11-25(5)6)47-49(61(79)43-35(67)19-17-33(65)41(43)59(47)77)50-48(60(78)42-34(66)18-20-36(68)44(42)62(50)80)40-28(14-10-24(3)4)54(72)46-38(70)22-30(32(64)16-12-26(7)8)56(74)52(46)58(40)76/h9-12,17-22,31-32,63-68,71-72,75-76H,13-16H2,1-8H3/t31-,32-/m0/s1. The highest BCUT2D eigenvalue weighted by atomic mass is 16.3. The van der Waals surface area contributed by atoms with Crippen molar-refractivity contribution >= 4 is 57.4 Å². The van der Waals surface area contributed by atoms with Crippen molar-refractivity contribution in [3.63, 3.8) is 0 Å². The molecule has 4 aliphatic carbocycles. The molecule has 0 saturated carbocycles. The molecule has 0 unspecified atom stereocenters. The van der Waals surface area contributed by atoms with Gasteiger partial charge in [-0.25, -0.2) is 0 Å². The van der Waals surface area contributed by atoms with Crippen LogP contribution in [-0.4, -0.2) is 110 Å². The molecule has 8 rings (SSSR count). The zero-order chi connectivity index (χ0) is 59.0. The summed E-state index contributed by atoms with van der Waals surface area (Å²) in [4.78, 5) is 121. The van der Waals surface area contributed by atoms with Crippen molar-refractivity contribution in [2.75, 3.05) is 0 Å². The minimum Gasteiger partial charge on any atom is -0.507 e. The Kier molecular flexibility index (Phi) is 14.9. The van der Waals surface area contributed by atoms with Crippen LogP contribution in [0.5, 0.6) is 46.0 Å². The van der Waals surface area contributed by atoms with E-state index in [-0.39, 0.29) is 12.8 Å². The molecule has 18 nitrogen and oxygen atoms in total. The SMILES string of the molecule is CC(C)=CCc1c(O)c2c(c(O)c1C1=C(C3=C(c4c(O)c5c(c(O)c4CC=C(C)C)C(=O)C=C([C@@H](O)CC=C(C)C)C5=O)C(=O)c4c(O)ccc(O)c4C3=O)C(=O)c3c(O)ccc(O)c3C1=O)C(=O)C([C@@H](O)CC=C(C)C)=CC2=O. The first kappa shape index (κ1) is 56.7. The second-order valence-corrected chi connectivity index (χ2v) is 20.7. The number of aromatic hydroxyl groups is 8. The minimum atomic E-state index is -1.71. The number of fused-ring (bicyclic) bond motifs is 4. The van der Waals surface area contributed by atoms with E-state index in [1.54, 1.807) is 67.5 Å². The summed E-state index contributed by atoms with van der Waals surface area (Å²) >= 11 is 0. The molecule has 4 aromatic rings. The first-order valence-corrected chi connectivity index (χ1v) is 25.1. The number of rotatable bonds is 13. The number of hydrogen-bond acceptors (Lipinski definition) is 18. The Morgan fingerprint density at radius 1 is 0.350 bits per heavy atom. The third-order valence-electron chi connectivity index (χ3n) is 14.2. The lowest BCUT2D eigenvalue weighted by molar-refractivity contribution is 0.0941. The molecule has 0 saturated heterocycles. The second-order valence-electron chi connectivity index (χ2n) is 20.7. The van der Waals surface area contributed by atoms with E-state index >= 15 is 19.2 Å². The van der Waals surface area contributed by atoms with Crippen molar-refractivity contribution in [2.24, 2.45) is 0 Å². The van der Waals surface area contributed by atoms with Gasteiger partial charge in [0.1, 0.15) is 46.0 Å². The lowest BCUT2D eigenvalue weighted by Gasteiger charge is -2.31. The number of allylic oxidation sites excluding steroid dienone is 12. The van der Waals surface area contributed by atoms with Crippen LogP contribution in [-0.2, 0) is 12.8 Å². The molecule has 4 aliphatic rings. The summed E-state index contributed by atoms with van der Waals surface area (Å²) in [7, 11) is 0. The molecule has 0 fully saturated rings. The van der Waals surface area contributed by atoms with E-state index < -0.39 is 218 Å². The highest BCUT2D eigenvalue weighted by Gasteiger charge is 2.50. The molecule has 0 radical (unpaired) electrons. The molecule has 80 heavy (non-hydrogen) atoms. The fourth-order valence-corrected chi connectivity index (χ4v) is 10.3. The van der Waals surface area contributed by atoms with Gasteiger partial charge >= 0.3 is 0 Å². The maximum atomic E-state index is 15.9. The smallest absolute Gasteiger partial charge is 0.199 e. The molecule has 2 atom stereocenters. The number of phenolic OH excluding ortho intramolecular Hbond substituents is 8. The topological polar surface area (TPSA) is 339 Å². The first-order valence-electron chi connectivity index (χ1n) is 25.1. The Balaban J connectivity index is 1.64. The molecule has 410 valence electrons. The number of phenols is 8. The molecule has 4 aromatic carbocycles. The molecule has 0 bridgehead atoms. The number of carbonyl (C=O) groups excluding carboxylic acids is 8. The number of carbonyl (C=O) groups is 8. The average Bonchev–Trinajstić information content (AvgIpc) is 3.55. The molecule has 0 spiro atoms. The van der Waals surface area contributed by atoms with E-state index in [0.29, 0.717) is 22.3 Å². The zero-order valence-corrected chi connectivity index (χ0v) is 44.5. The maximum Gasteiger partial charge on any atom is 0.199 e. The Morgan fingerprint density at radius 3 is 0.900 bits per heavy atom. The predicted octanol–water partition coefficient (Wildman–Crippen LogP) is 8.76. The minimum absolute atomic E-state index is 0.228. The van der Waals surface area contributed by atoms with Gasteiger partial charge < -0.3 is 51.1 Å². The molecule has 18 heteroatoms. The van der Waals surface area contributed by atoms with Gasteiger partial charge in [0.05, 0.1) is 56.7 Å². The van der Waals surface area contributed by atoms with Crippen LogP contribution in [0.2, 0.25) is 0 Å². The summed E-state index contributed by atoms with van der Waals surface area (Å²) in [5.41, 5.74) is -14.7. The summed E-state index contributed by atoms with van der Waals surface area (Å²) in [6.45, 7) is 13.2. The fourth-order valence-electron chi connectivity index (χ4n) is 10.3. The number of aliphatic hydroxyl groups is 2. The van der Waals surface area contributed by atoms with Crippen molar-refractivity contribution in [1.82, 2.24) is 0 Å². The fraction of sp³-hybridized carbons (Fsp3) is 0.226. The Labute approximate surface area is 456 Å². The summed E-state index contributed by atoms with van der Waals surface area (Å²) in [5, 5.41) is 119. The van der Waals surface area contributed by atoms with Crippen molar-refractivity contribution in [2.45, 2.75) is 93.3 Å². The van der Waals surface area contributed by atoms with Crippen LogP contribution < -0.4 is 0 Å². The van der Waals surface area contributed by atoms with Gasteiger partial charge in [0, 0.05) is 55.7 Å². The van der Waals surface area contributed by atoms with Crippen LogP contribution >= 0.6 is 0 Å². The number of ketones is 8. The Morgan fingerprint density at radius 2 is 0.625 bits per heavy atom. The van der Waals surface area contributed by atoms with Crippen LogP contribution in [0, 0.1) is 0 Å². The molecular weight excluding hydrogens is 1030 g/mol. The lowest BCUT2D eigenvalue weighted by atomic mass is 9.68. The van der Waals surface area contributed by atoms with Gasteiger partial charge in [0.15, 0.2) is 46.3 Å². The number of hydrogen-bond donors (Lipinski definition) is 10. The third-order valence-corrected chi connectivity index (χ3v) is 14.2. The maximum absolute atomic E-state index is 15.9. The molecule has 0 aliphatic heterocycles.